The summed E-state index contributed by atoms with van der Waals surface area (Å²) in [5.41, 5.74) is 3.72. The molecule has 50 heavy (non-hydrogen) atoms. The second-order valence-corrected chi connectivity index (χ2v) is 14.6. The fourth-order valence-corrected chi connectivity index (χ4v) is 7.67. The van der Waals surface area contributed by atoms with E-state index in [1.165, 1.54) is 5.56 Å². The molecule has 266 valence electrons. The summed E-state index contributed by atoms with van der Waals surface area (Å²) < 4.78 is 13.2. The highest BCUT2D eigenvalue weighted by Gasteiger charge is 2.35. The van der Waals surface area contributed by atoms with Crippen LogP contribution in [0.15, 0.2) is 48.9 Å². The number of ether oxygens (including phenoxy) is 2. The predicted octanol–water partition coefficient (Wildman–Crippen LogP) is 6.66. The van der Waals surface area contributed by atoms with Crippen LogP contribution in [-0.2, 0) is 9.53 Å². The number of hydrogen-bond donors (Lipinski definition) is 0. The van der Waals surface area contributed by atoms with Gasteiger partial charge in [0.15, 0.2) is 0 Å². The molecular weight excluding hydrogens is 630 g/mol. The smallest absolute Gasteiger partial charge is 0.410 e. The van der Waals surface area contributed by atoms with Gasteiger partial charge < -0.3 is 19.3 Å². The number of carbonyl (C=O) groups excluding carboxylic acids is 2. The fraction of sp³-hybridized carbons (Fsp3) is 0.564. The van der Waals surface area contributed by atoms with Gasteiger partial charge in [-0.05, 0) is 119 Å². The maximum atomic E-state index is 14.4. The van der Waals surface area contributed by atoms with E-state index in [1.807, 2.05) is 46.2 Å². The van der Waals surface area contributed by atoms with Crippen LogP contribution in [0.3, 0.4) is 0 Å². The first kappa shape index (κ1) is 35.4. The Morgan fingerprint density at radius 1 is 0.980 bits per heavy atom. The number of hydrogen-bond acceptors (Lipinski definition) is 8. The van der Waals surface area contributed by atoms with Gasteiger partial charge >= 0.3 is 6.09 Å². The van der Waals surface area contributed by atoms with Gasteiger partial charge in [-0.25, -0.2) is 9.78 Å². The zero-order chi connectivity index (χ0) is 35.2. The van der Waals surface area contributed by atoms with E-state index >= 15 is 0 Å². The Morgan fingerprint density at radius 2 is 1.72 bits per heavy atom. The van der Waals surface area contributed by atoms with Gasteiger partial charge in [0.1, 0.15) is 23.7 Å². The van der Waals surface area contributed by atoms with Crippen LogP contribution < -0.4 is 9.64 Å². The monoisotopic (exact) mass is 681 g/mol. The molecule has 11 nitrogen and oxygen atoms in total. The van der Waals surface area contributed by atoms with E-state index in [0.29, 0.717) is 74.3 Å². The molecule has 0 radical (unpaired) electrons. The average Bonchev–Trinajstić information content (AvgIpc) is 3.65. The van der Waals surface area contributed by atoms with E-state index in [-0.39, 0.29) is 30.1 Å². The lowest BCUT2D eigenvalue weighted by Gasteiger charge is -2.36. The Morgan fingerprint density at radius 3 is 2.38 bits per heavy atom. The van der Waals surface area contributed by atoms with Crippen LogP contribution in [0.25, 0.3) is 11.1 Å². The summed E-state index contributed by atoms with van der Waals surface area (Å²) in [6, 6.07) is 12.5. The minimum Gasteiger partial charge on any atom is -0.495 e. The number of benzene rings is 1. The standard InChI is InChI=1S/C39H51N7O4/c1-27(2)46-26-34(24-42-46)32-15-16-41-37(22-32)45(25-28-5-7-29(8-6-28)31-11-14-36(49-4)33(21-31)23-40)38(47)30-9-12-35(13-10-30)50-39(48)44-19-17-43(3)18-20-44/h11,14-16,21-22,24,26-30,35H,5-10,12-13,17-20,25H2,1-4H3/t28-,29-,30-,35-. The molecule has 3 fully saturated rings. The van der Waals surface area contributed by atoms with Crippen molar-refractivity contribution in [3.63, 3.8) is 0 Å². The molecule has 1 saturated heterocycles. The van der Waals surface area contributed by atoms with E-state index < -0.39 is 0 Å². The van der Waals surface area contributed by atoms with Crippen molar-refractivity contribution in [3.8, 4) is 22.9 Å². The molecule has 2 saturated carbocycles. The molecule has 0 spiro atoms. The van der Waals surface area contributed by atoms with Crippen molar-refractivity contribution in [1.82, 2.24) is 24.6 Å². The van der Waals surface area contributed by atoms with Gasteiger partial charge in [0.05, 0.1) is 18.9 Å². The fourth-order valence-electron chi connectivity index (χ4n) is 7.67. The summed E-state index contributed by atoms with van der Waals surface area (Å²) in [5.74, 6) is 1.93. The quantitative estimate of drug-likeness (QED) is 0.246. The zero-order valence-electron chi connectivity index (χ0n) is 30.0. The Bertz CT molecular complexity index is 1660. The Kier molecular flexibility index (Phi) is 11.4. The average molecular weight is 682 g/mol. The molecule has 3 heterocycles. The summed E-state index contributed by atoms with van der Waals surface area (Å²) in [5, 5.41) is 14.1. The van der Waals surface area contributed by atoms with Crippen molar-refractivity contribution in [1.29, 1.82) is 5.26 Å². The maximum Gasteiger partial charge on any atom is 0.410 e. The summed E-state index contributed by atoms with van der Waals surface area (Å²) in [7, 11) is 3.66. The molecule has 3 aliphatic rings. The first-order chi connectivity index (χ1) is 24.2. The van der Waals surface area contributed by atoms with Crippen molar-refractivity contribution >= 4 is 17.8 Å². The lowest BCUT2D eigenvalue weighted by atomic mass is 9.78. The van der Waals surface area contributed by atoms with Gasteiger partial charge in [-0.15, -0.1) is 0 Å². The van der Waals surface area contributed by atoms with Gasteiger partial charge in [0, 0.05) is 62.6 Å². The Balaban J connectivity index is 1.14. The second kappa shape index (κ2) is 16.1. The number of nitriles is 1. The molecule has 0 N–H and O–H groups in total. The first-order valence-corrected chi connectivity index (χ1v) is 18.3. The van der Waals surface area contributed by atoms with Crippen molar-refractivity contribution in [2.24, 2.45) is 11.8 Å². The summed E-state index contributed by atoms with van der Waals surface area (Å²) in [6.45, 7) is 7.89. The first-order valence-electron chi connectivity index (χ1n) is 18.3. The third-order valence-corrected chi connectivity index (χ3v) is 10.9. The van der Waals surface area contributed by atoms with Gasteiger partial charge in [0.2, 0.25) is 5.91 Å². The lowest BCUT2D eigenvalue weighted by molar-refractivity contribution is -0.124. The number of amides is 2. The molecule has 6 rings (SSSR count). The highest BCUT2D eigenvalue weighted by atomic mass is 16.6. The van der Waals surface area contributed by atoms with Crippen LogP contribution in [0.5, 0.6) is 5.75 Å². The zero-order valence-corrected chi connectivity index (χ0v) is 30.0. The van der Waals surface area contributed by atoms with Crippen LogP contribution >= 0.6 is 0 Å². The molecular formula is C39H51N7O4. The summed E-state index contributed by atoms with van der Waals surface area (Å²) in [6.07, 6.45) is 12.0. The topological polar surface area (TPSA) is 117 Å². The molecule has 1 aromatic carbocycles. The molecule has 1 aliphatic heterocycles. The van der Waals surface area contributed by atoms with E-state index in [0.717, 1.165) is 49.9 Å². The molecule has 3 aromatic rings. The number of likely N-dealkylation sites (N-methyl/N-ethyl adjacent to an activating group) is 1. The van der Waals surface area contributed by atoms with Crippen LogP contribution in [0, 0.1) is 23.2 Å². The van der Waals surface area contributed by atoms with E-state index in [1.54, 1.807) is 18.2 Å². The molecule has 2 aromatic heterocycles. The van der Waals surface area contributed by atoms with Crippen LogP contribution in [0.1, 0.15) is 88.3 Å². The molecule has 2 aliphatic carbocycles. The van der Waals surface area contributed by atoms with E-state index in [4.69, 9.17) is 14.5 Å². The third-order valence-electron chi connectivity index (χ3n) is 10.9. The number of rotatable bonds is 9. The third kappa shape index (κ3) is 8.29. The molecule has 11 heteroatoms. The highest BCUT2D eigenvalue weighted by Crippen LogP contribution is 2.39. The molecule has 0 unspecified atom stereocenters. The summed E-state index contributed by atoms with van der Waals surface area (Å²) >= 11 is 0. The van der Waals surface area contributed by atoms with E-state index in [2.05, 4.69) is 43.0 Å². The normalized spacial score (nSPS) is 22.9. The van der Waals surface area contributed by atoms with Crippen LogP contribution in [0.2, 0.25) is 0 Å². The van der Waals surface area contributed by atoms with Gasteiger partial charge in [0.25, 0.3) is 0 Å². The van der Waals surface area contributed by atoms with Crippen molar-refractivity contribution in [2.75, 3.05) is 51.8 Å². The number of piperazine rings is 1. The van der Waals surface area contributed by atoms with Crippen molar-refractivity contribution < 1.29 is 19.1 Å². The van der Waals surface area contributed by atoms with Gasteiger partial charge in [-0.2, -0.15) is 10.4 Å². The maximum absolute atomic E-state index is 14.4. The van der Waals surface area contributed by atoms with Crippen molar-refractivity contribution in [3.05, 3.63) is 60.0 Å². The minimum absolute atomic E-state index is 0.104. The number of pyridine rings is 1. The lowest BCUT2D eigenvalue weighted by Crippen LogP contribution is -2.48. The number of aromatic nitrogens is 3. The molecule has 2 amide bonds. The number of anilines is 1. The van der Waals surface area contributed by atoms with Crippen LogP contribution in [-0.4, -0.2) is 89.5 Å². The Labute approximate surface area is 296 Å². The van der Waals surface area contributed by atoms with E-state index in [9.17, 15) is 14.9 Å². The number of nitrogens with zero attached hydrogens (tertiary/aromatic N) is 7. The minimum atomic E-state index is -0.231. The van der Waals surface area contributed by atoms with Gasteiger partial charge in [-0.1, -0.05) is 6.07 Å². The summed E-state index contributed by atoms with van der Waals surface area (Å²) in [4.78, 5) is 38.0. The van der Waals surface area contributed by atoms with Gasteiger partial charge in [-0.3, -0.25) is 14.4 Å². The number of methoxy groups -OCH3 is 1. The Hall–Kier alpha value is -4.43. The molecule has 0 atom stereocenters. The van der Waals surface area contributed by atoms with Crippen LogP contribution in [0.4, 0.5) is 10.6 Å². The largest absolute Gasteiger partial charge is 0.495 e. The predicted molar refractivity (Wildman–Crippen MR) is 192 cm³/mol. The SMILES string of the molecule is COc1ccc([C@H]2CC[C@H](CN(c3cc(-c4cnn(C(C)C)c4)ccn3)C(=O)[C@H]3CC[C@H](OC(=O)N4CCN(C)CC4)CC3)CC2)cc1C#N. The second-order valence-electron chi connectivity index (χ2n) is 14.6. The van der Waals surface area contributed by atoms with Crippen molar-refractivity contribution in [2.45, 2.75) is 83.3 Å². The number of carbonyl (C=O) groups is 2. The molecule has 0 bridgehead atoms. The highest BCUT2D eigenvalue weighted by molar-refractivity contribution is 5.94.